The van der Waals surface area contributed by atoms with Gasteiger partial charge in [0.15, 0.2) is 0 Å². The molecule has 80 valence electrons. The molecule has 0 heterocycles. The molecule has 0 fully saturated rings. The Morgan fingerprint density at radius 1 is 1.20 bits per heavy atom. The first kappa shape index (κ1) is 11.7. The Balaban J connectivity index is 2.86. The van der Waals surface area contributed by atoms with E-state index in [1.807, 2.05) is 12.9 Å². The monoisotopic (exact) mass is 202 g/mol. The van der Waals surface area contributed by atoms with Gasteiger partial charge >= 0.3 is 0 Å². The highest BCUT2D eigenvalue weighted by Gasteiger charge is 2.12. The summed E-state index contributed by atoms with van der Waals surface area (Å²) in [5.74, 6) is 1.92. The molecule has 1 aromatic carbocycles. The molecular formula is C14H18O. The van der Waals surface area contributed by atoms with E-state index in [4.69, 9.17) is 0 Å². The predicted molar refractivity (Wildman–Crippen MR) is 63.7 cm³/mol. The van der Waals surface area contributed by atoms with Crippen LogP contribution in [-0.2, 0) is 16.6 Å². The standard InChI is InChI=1S/C14H18O/c1-11(10-15)9-12-5-7-13(8-6-12)14(2,3)4/h5-8H,9H2,1-4H3. The Morgan fingerprint density at radius 2 is 1.73 bits per heavy atom. The zero-order chi connectivity index (χ0) is 11.5. The van der Waals surface area contributed by atoms with Crippen LogP contribution in [0.25, 0.3) is 0 Å². The molecule has 0 N–H and O–H groups in total. The second kappa shape index (κ2) is 4.46. The fraction of sp³-hybridized carbons (Fsp3) is 0.429. The maximum absolute atomic E-state index is 10.4. The Bertz CT molecular complexity index is 373. The third kappa shape index (κ3) is 3.38. The molecule has 0 unspecified atom stereocenters. The van der Waals surface area contributed by atoms with Crippen LogP contribution < -0.4 is 0 Å². The van der Waals surface area contributed by atoms with E-state index >= 15 is 0 Å². The highest BCUT2D eigenvalue weighted by molar-refractivity contribution is 5.52. The summed E-state index contributed by atoms with van der Waals surface area (Å²) in [5, 5.41) is 0. The molecule has 1 aromatic rings. The van der Waals surface area contributed by atoms with Gasteiger partial charge in [-0.25, -0.2) is 4.79 Å². The van der Waals surface area contributed by atoms with Crippen LogP contribution >= 0.6 is 0 Å². The highest BCUT2D eigenvalue weighted by atomic mass is 16.1. The maximum atomic E-state index is 10.4. The fourth-order valence-corrected chi connectivity index (χ4v) is 1.46. The van der Waals surface area contributed by atoms with Crippen LogP contribution in [0, 0.1) is 0 Å². The van der Waals surface area contributed by atoms with E-state index in [2.05, 4.69) is 45.0 Å². The number of hydrogen-bond donors (Lipinski definition) is 0. The lowest BCUT2D eigenvalue weighted by Crippen LogP contribution is -2.10. The first-order valence-electron chi connectivity index (χ1n) is 5.23. The summed E-state index contributed by atoms with van der Waals surface area (Å²) < 4.78 is 0. The minimum absolute atomic E-state index is 0.189. The first-order chi connectivity index (χ1) is 6.93. The predicted octanol–water partition coefficient (Wildman–Crippen LogP) is 3.30. The molecule has 15 heavy (non-hydrogen) atoms. The van der Waals surface area contributed by atoms with Gasteiger partial charge in [-0.05, 0) is 23.5 Å². The maximum Gasteiger partial charge on any atom is 0.123 e. The van der Waals surface area contributed by atoms with Crippen molar-refractivity contribution in [3.63, 3.8) is 0 Å². The summed E-state index contributed by atoms with van der Waals surface area (Å²) in [5.41, 5.74) is 3.43. The van der Waals surface area contributed by atoms with Gasteiger partial charge in [0.1, 0.15) is 5.94 Å². The summed E-state index contributed by atoms with van der Waals surface area (Å²) >= 11 is 0. The number of allylic oxidation sites excluding steroid dienone is 1. The minimum Gasteiger partial charge on any atom is -0.234 e. The summed E-state index contributed by atoms with van der Waals surface area (Å²) in [7, 11) is 0. The topological polar surface area (TPSA) is 17.1 Å². The van der Waals surface area contributed by atoms with Crippen LogP contribution in [0.5, 0.6) is 0 Å². The van der Waals surface area contributed by atoms with E-state index in [1.165, 1.54) is 11.1 Å². The molecule has 1 nitrogen and oxygen atoms in total. The molecule has 1 rings (SSSR count). The lowest BCUT2D eigenvalue weighted by Gasteiger charge is -2.19. The normalized spacial score (nSPS) is 10.9. The van der Waals surface area contributed by atoms with Crippen molar-refractivity contribution in [2.75, 3.05) is 0 Å². The van der Waals surface area contributed by atoms with Crippen molar-refractivity contribution < 1.29 is 4.79 Å². The van der Waals surface area contributed by atoms with Gasteiger partial charge in [-0.1, -0.05) is 45.0 Å². The van der Waals surface area contributed by atoms with E-state index in [0.29, 0.717) is 6.42 Å². The van der Waals surface area contributed by atoms with Gasteiger partial charge in [0.05, 0.1) is 0 Å². The lowest BCUT2D eigenvalue weighted by atomic mass is 9.86. The molecule has 0 spiro atoms. The van der Waals surface area contributed by atoms with Gasteiger partial charge in [-0.3, -0.25) is 0 Å². The Kier molecular flexibility index (Phi) is 3.49. The van der Waals surface area contributed by atoms with Crippen molar-refractivity contribution >= 4 is 5.94 Å². The van der Waals surface area contributed by atoms with Crippen LogP contribution in [-0.4, -0.2) is 5.94 Å². The number of rotatable bonds is 2. The second-order valence-corrected chi connectivity index (χ2v) is 5.01. The van der Waals surface area contributed by atoms with Gasteiger partial charge in [0.25, 0.3) is 0 Å². The average Bonchev–Trinajstić information content (AvgIpc) is 2.17. The molecule has 0 bridgehead atoms. The van der Waals surface area contributed by atoms with Crippen molar-refractivity contribution in [2.45, 2.75) is 39.5 Å². The van der Waals surface area contributed by atoms with Crippen molar-refractivity contribution in [2.24, 2.45) is 0 Å². The Hall–Kier alpha value is -1.33. The van der Waals surface area contributed by atoms with Crippen molar-refractivity contribution in [1.82, 2.24) is 0 Å². The molecule has 0 radical (unpaired) electrons. The van der Waals surface area contributed by atoms with E-state index in [1.54, 1.807) is 0 Å². The van der Waals surface area contributed by atoms with Crippen LogP contribution in [0.15, 0.2) is 29.8 Å². The third-order valence-electron chi connectivity index (χ3n) is 2.46. The van der Waals surface area contributed by atoms with E-state index in [-0.39, 0.29) is 5.41 Å². The van der Waals surface area contributed by atoms with Crippen molar-refractivity contribution in [1.29, 1.82) is 0 Å². The molecule has 0 aliphatic rings. The molecule has 0 aliphatic heterocycles. The van der Waals surface area contributed by atoms with E-state index < -0.39 is 0 Å². The van der Waals surface area contributed by atoms with Crippen molar-refractivity contribution in [3.05, 3.63) is 41.0 Å². The largest absolute Gasteiger partial charge is 0.234 e. The molecule has 0 saturated heterocycles. The SMILES string of the molecule is CC(=C=O)Cc1ccc(C(C)(C)C)cc1. The van der Waals surface area contributed by atoms with Gasteiger partial charge in [-0.2, -0.15) is 0 Å². The van der Waals surface area contributed by atoms with Crippen LogP contribution in [0.4, 0.5) is 0 Å². The number of benzene rings is 1. The second-order valence-electron chi connectivity index (χ2n) is 5.01. The number of carbonyl (C=O) groups excluding carboxylic acids is 1. The quantitative estimate of drug-likeness (QED) is 0.672. The van der Waals surface area contributed by atoms with Gasteiger partial charge in [-0.15, -0.1) is 0 Å². The molecular weight excluding hydrogens is 184 g/mol. The summed E-state index contributed by atoms with van der Waals surface area (Å²) in [6.07, 6.45) is 0.702. The first-order valence-corrected chi connectivity index (χ1v) is 5.23. The fourth-order valence-electron chi connectivity index (χ4n) is 1.46. The molecule has 0 amide bonds. The molecule has 0 atom stereocenters. The summed E-state index contributed by atoms with van der Waals surface area (Å²) in [6, 6.07) is 8.43. The van der Waals surface area contributed by atoms with E-state index in [9.17, 15) is 4.79 Å². The average molecular weight is 202 g/mol. The summed E-state index contributed by atoms with van der Waals surface area (Å²) in [6.45, 7) is 8.39. The van der Waals surface area contributed by atoms with Crippen LogP contribution in [0.3, 0.4) is 0 Å². The number of hydrogen-bond acceptors (Lipinski definition) is 1. The van der Waals surface area contributed by atoms with E-state index in [0.717, 1.165) is 5.57 Å². The smallest absolute Gasteiger partial charge is 0.123 e. The third-order valence-corrected chi connectivity index (χ3v) is 2.46. The Labute approximate surface area is 91.8 Å². The van der Waals surface area contributed by atoms with Gasteiger partial charge in [0, 0.05) is 12.0 Å². The lowest BCUT2D eigenvalue weighted by molar-refractivity contribution is 0.566. The molecule has 0 aromatic heterocycles. The Morgan fingerprint density at radius 3 is 2.13 bits per heavy atom. The summed E-state index contributed by atoms with van der Waals surface area (Å²) in [4.78, 5) is 10.4. The van der Waals surface area contributed by atoms with Crippen LogP contribution in [0.2, 0.25) is 0 Å². The minimum atomic E-state index is 0.189. The molecule has 0 aliphatic carbocycles. The van der Waals surface area contributed by atoms with Gasteiger partial charge < -0.3 is 0 Å². The zero-order valence-corrected chi connectivity index (χ0v) is 9.92. The molecule has 1 heteroatoms. The van der Waals surface area contributed by atoms with Gasteiger partial charge in [0.2, 0.25) is 0 Å². The molecule has 0 saturated carbocycles. The zero-order valence-electron chi connectivity index (χ0n) is 9.92. The van der Waals surface area contributed by atoms with Crippen molar-refractivity contribution in [3.8, 4) is 0 Å². The highest BCUT2D eigenvalue weighted by Crippen LogP contribution is 2.22. The van der Waals surface area contributed by atoms with Crippen LogP contribution in [0.1, 0.15) is 38.8 Å².